The van der Waals surface area contributed by atoms with Crippen molar-refractivity contribution < 1.29 is 14.6 Å². The molecule has 1 atom stereocenters. The molecule has 0 saturated carbocycles. The van der Waals surface area contributed by atoms with Crippen molar-refractivity contribution in [3.05, 3.63) is 30.3 Å². The fourth-order valence-electron chi connectivity index (χ4n) is 1.22. The lowest BCUT2D eigenvalue weighted by Gasteiger charge is -2.22. The summed E-state index contributed by atoms with van der Waals surface area (Å²) >= 11 is 0. The zero-order valence-electron chi connectivity index (χ0n) is 10.4. The zero-order valence-corrected chi connectivity index (χ0v) is 10.4. The lowest BCUT2D eigenvalue weighted by atomic mass is 10.1. The van der Waals surface area contributed by atoms with Crippen LogP contribution in [0.1, 0.15) is 20.8 Å². The number of hydrogen-bond donors (Lipinski definition) is 2. The monoisotopic (exact) mass is 237 g/mol. The van der Waals surface area contributed by atoms with Crippen LogP contribution >= 0.6 is 0 Å². The summed E-state index contributed by atoms with van der Waals surface area (Å²) in [6, 6.07) is 9.08. The van der Waals surface area contributed by atoms with Gasteiger partial charge >= 0.3 is 0 Å². The Balaban J connectivity index is 2.40. The number of aliphatic hydroxyl groups is 1. The number of aliphatic hydroxyl groups excluding tert-OH is 1. The minimum absolute atomic E-state index is 0.0497. The molecule has 1 rings (SSSR count). The Morgan fingerprint density at radius 1 is 1.35 bits per heavy atom. The molecule has 1 aromatic rings. The molecule has 2 N–H and O–H groups in total. The van der Waals surface area contributed by atoms with E-state index >= 15 is 0 Å². The van der Waals surface area contributed by atoms with Gasteiger partial charge in [-0.25, -0.2) is 0 Å². The van der Waals surface area contributed by atoms with Gasteiger partial charge in [-0.2, -0.15) is 0 Å². The van der Waals surface area contributed by atoms with E-state index in [0.29, 0.717) is 5.75 Å². The third kappa shape index (κ3) is 5.36. The van der Waals surface area contributed by atoms with Crippen LogP contribution in [0.4, 0.5) is 0 Å². The number of nitrogens with one attached hydrogen (secondary N) is 1. The summed E-state index contributed by atoms with van der Waals surface area (Å²) in [7, 11) is 0. The second-order valence-electron chi connectivity index (χ2n) is 4.88. The van der Waals surface area contributed by atoms with Crippen LogP contribution < -0.4 is 10.1 Å². The summed E-state index contributed by atoms with van der Waals surface area (Å²) in [5.41, 5.74) is -0.356. The normalized spacial score (nSPS) is 12.9. The lowest BCUT2D eigenvalue weighted by Crippen LogP contribution is -2.47. The summed E-state index contributed by atoms with van der Waals surface area (Å²) in [5.74, 6) is 0.212. The van der Waals surface area contributed by atoms with E-state index in [9.17, 15) is 9.90 Å². The lowest BCUT2D eigenvalue weighted by molar-refractivity contribution is -0.132. The van der Waals surface area contributed by atoms with Gasteiger partial charge in [-0.05, 0) is 32.9 Å². The topological polar surface area (TPSA) is 58.6 Å². The Morgan fingerprint density at radius 3 is 2.47 bits per heavy atom. The minimum atomic E-state index is -1.16. The predicted octanol–water partition coefficient (Wildman–Crippen LogP) is 1.34. The Morgan fingerprint density at radius 2 is 1.94 bits per heavy atom. The van der Waals surface area contributed by atoms with Crippen molar-refractivity contribution in [3.63, 3.8) is 0 Å². The number of ether oxygens (including phenoxy) is 1. The number of carbonyl (C=O) groups is 1. The van der Waals surface area contributed by atoms with Crippen LogP contribution in [-0.4, -0.2) is 29.3 Å². The molecule has 0 aromatic heterocycles. The first-order chi connectivity index (χ1) is 7.88. The van der Waals surface area contributed by atoms with E-state index in [1.165, 1.54) is 0 Å². The smallest absolute Gasteiger partial charge is 0.252 e. The summed E-state index contributed by atoms with van der Waals surface area (Å²) in [6.07, 6.45) is -1.16. The number of para-hydroxylation sites is 1. The Hall–Kier alpha value is -1.55. The van der Waals surface area contributed by atoms with Gasteiger partial charge in [-0.15, -0.1) is 0 Å². The van der Waals surface area contributed by atoms with Crippen LogP contribution in [0.3, 0.4) is 0 Å². The molecule has 1 unspecified atom stereocenters. The Bertz CT molecular complexity index is 357. The highest BCUT2D eigenvalue weighted by molar-refractivity contribution is 5.81. The standard InChI is InChI=1S/C13H19NO3/c1-13(2,3)14-12(16)11(15)9-17-10-7-5-4-6-8-10/h4-8,11,15H,9H2,1-3H3,(H,14,16). The summed E-state index contributed by atoms with van der Waals surface area (Å²) in [4.78, 5) is 11.5. The van der Waals surface area contributed by atoms with Gasteiger partial charge < -0.3 is 15.2 Å². The van der Waals surface area contributed by atoms with Crippen LogP contribution in [0.25, 0.3) is 0 Å². The number of hydrogen-bond acceptors (Lipinski definition) is 3. The average Bonchev–Trinajstić information content (AvgIpc) is 2.25. The molecule has 94 valence electrons. The van der Waals surface area contributed by atoms with Gasteiger partial charge in [0, 0.05) is 5.54 Å². The molecule has 4 nitrogen and oxygen atoms in total. The average molecular weight is 237 g/mol. The van der Waals surface area contributed by atoms with Crippen molar-refractivity contribution in [2.24, 2.45) is 0 Å². The molecule has 0 fully saturated rings. The molecule has 0 aliphatic heterocycles. The van der Waals surface area contributed by atoms with E-state index in [1.54, 1.807) is 12.1 Å². The summed E-state index contributed by atoms with van der Waals surface area (Å²) < 4.78 is 5.29. The molecule has 1 aromatic carbocycles. The van der Waals surface area contributed by atoms with Crippen LogP contribution in [0.15, 0.2) is 30.3 Å². The predicted molar refractivity (Wildman–Crippen MR) is 65.8 cm³/mol. The molecule has 0 aliphatic rings. The molecule has 17 heavy (non-hydrogen) atoms. The second kappa shape index (κ2) is 5.68. The van der Waals surface area contributed by atoms with Crippen molar-refractivity contribution in [3.8, 4) is 5.75 Å². The molecular formula is C13H19NO3. The number of rotatable bonds is 4. The number of carbonyl (C=O) groups excluding carboxylic acids is 1. The van der Waals surface area contributed by atoms with Gasteiger partial charge in [0.2, 0.25) is 0 Å². The van der Waals surface area contributed by atoms with Gasteiger partial charge in [0.25, 0.3) is 5.91 Å². The second-order valence-corrected chi connectivity index (χ2v) is 4.88. The van der Waals surface area contributed by atoms with E-state index < -0.39 is 12.0 Å². The van der Waals surface area contributed by atoms with E-state index in [1.807, 2.05) is 39.0 Å². The third-order valence-electron chi connectivity index (χ3n) is 1.95. The van der Waals surface area contributed by atoms with Gasteiger partial charge in [-0.1, -0.05) is 18.2 Å². The van der Waals surface area contributed by atoms with Crippen LogP contribution in [0.2, 0.25) is 0 Å². The first-order valence-corrected chi connectivity index (χ1v) is 5.56. The van der Waals surface area contributed by atoms with E-state index in [4.69, 9.17) is 4.74 Å². The van der Waals surface area contributed by atoms with Crippen molar-refractivity contribution in [1.82, 2.24) is 5.32 Å². The van der Waals surface area contributed by atoms with Gasteiger partial charge in [-0.3, -0.25) is 4.79 Å². The van der Waals surface area contributed by atoms with E-state index in [0.717, 1.165) is 0 Å². The first kappa shape index (κ1) is 13.5. The molecule has 0 spiro atoms. The summed E-state index contributed by atoms with van der Waals surface area (Å²) in [6.45, 7) is 5.52. The van der Waals surface area contributed by atoms with E-state index in [-0.39, 0.29) is 12.1 Å². The maximum Gasteiger partial charge on any atom is 0.252 e. The molecule has 0 heterocycles. The highest BCUT2D eigenvalue weighted by Crippen LogP contribution is 2.08. The van der Waals surface area contributed by atoms with Gasteiger partial charge in [0.05, 0.1) is 0 Å². The maximum atomic E-state index is 11.5. The molecule has 1 amide bonds. The number of benzene rings is 1. The Labute approximate surface area is 102 Å². The molecule has 4 heteroatoms. The van der Waals surface area contributed by atoms with Crippen LogP contribution in [0, 0.1) is 0 Å². The highest BCUT2D eigenvalue weighted by Gasteiger charge is 2.21. The highest BCUT2D eigenvalue weighted by atomic mass is 16.5. The molecule has 0 bridgehead atoms. The van der Waals surface area contributed by atoms with Gasteiger partial charge in [0.1, 0.15) is 12.4 Å². The fraction of sp³-hybridized carbons (Fsp3) is 0.462. The van der Waals surface area contributed by atoms with Crippen molar-refractivity contribution in [2.45, 2.75) is 32.4 Å². The zero-order chi connectivity index (χ0) is 12.9. The number of amides is 1. The van der Waals surface area contributed by atoms with Crippen LogP contribution in [0.5, 0.6) is 5.75 Å². The SMILES string of the molecule is CC(C)(C)NC(=O)C(O)COc1ccccc1. The van der Waals surface area contributed by atoms with Crippen molar-refractivity contribution in [1.29, 1.82) is 0 Å². The molecule has 0 radical (unpaired) electrons. The molecule has 0 saturated heterocycles. The quantitative estimate of drug-likeness (QED) is 0.831. The van der Waals surface area contributed by atoms with Crippen LogP contribution in [-0.2, 0) is 4.79 Å². The fourth-order valence-corrected chi connectivity index (χ4v) is 1.22. The Kier molecular flexibility index (Phi) is 4.52. The van der Waals surface area contributed by atoms with Crippen molar-refractivity contribution in [2.75, 3.05) is 6.61 Å². The first-order valence-electron chi connectivity index (χ1n) is 5.56. The molecular weight excluding hydrogens is 218 g/mol. The maximum absolute atomic E-state index is 11.5. The third-order valence-corrected chi connectivity index (χ3v) is 1.95. The van der Waals surface area contributed by atoms with E-state index in [2.05, 4.69) is 5.32 Å². The molecule has 0 aliphatic carbocycles. The van der Waals surface area contributed by atoms with Crippen molar-refractivity contribution >= 4 is 5.91 Å². The minimum Gasteiger partial charge on any atom is -0.490 e. The summed E-state index contributed by atoms with van der Waals surface area (Å²) in [5, 5.41) is 12.3. The largest absolute Gasteiger partial charge is 0.490 e. The van der Waals surface area contributed by atoms with Gasteiger partial charge in [0.15, 0.2) is 6.10 Å².